The molecule has 0 heterocycles. The van der Waals surface area contributed by atoms with Crippen LogP contribution in [0.3, 0.4) is 0 Å². The first-order chi connectivity index (χ1) is 18.9. The molecule has 1 atom stereocenters. The third-order valence-corrected chi connectivity index (χ3v) is 8.69. The van der Waals surface area contributed by atoms with E-state index < -0.39 is 6.04 Å². The SMILES string of the molecule is COc1ccc(CSCC(=O)N(Cc2ccc(Cl)c(Cl)c2)[C@H](Cc2ccccc2)C(=O)NC2CCCC2)cc1. The number of halogens is 2. The Morgan fingerprint density at radius 2 is 1.64 bits per heavy atom. The molecule has 0 aromatic heterocycles. The van der Waals surface area contributed by atoms with Crippen LogP contribution in [0.15, 0.2) is 72.8 Å². The van der Waals surface area contributed by atoms with Gasteiger partial charge in [0.1, 0.15) is 11.8 Å². The van der Waals surface area contributed by atoms with Crippen LogP contribution in [0.2, 0.25) is 10.0 Å². The standard InChI is InChI=1S/C31H34Cl2N2O3S/c1-38-26-14-11-23(12-15-26)20-39-21-30(36)35(19-24-13-16-27(32)28(33)17-24)29(18-22-7-3-2-4-8-22)31(37)34-25-9-5-6-10-25/h2-4,7-8,11-17,25,29H,5-6,9-10,18-21H2,1H3,(H,34,37)/t29-/m1/s1. The molecule has 0 aliphatic heterocycles. The minimum Gasteiger partial charge on any atom is -0.497 e. The highest BCUT2D eigenvalue weighted by atomic mass is 35.5. The second kappa shape index (κ2) is 14.6. The van der Waals surface area contributed by atoms with Gasteiger partial charge in [-0.05, 0) is 53.8 Å². The van der Waals surface area contributed by atoms with E-state index in [9.17, 15) is 9.59 Å². The van der Waals surface area contributed by atoms with Gasteiger partial charge in [-0.25, -0.2) is 0 Å². The van der Waals surface area contributed by atoms with Crippen LogP contribution in [0, 0.1) is 0 Å². The van der Waals surface area contributed by atoms with Crippen molar-refractivity contribution in [1.29, 1.82) is 0 Å². The molecule has 1 aliphatic carbocycles. The van der Waals surface area contributed by atoms with E-state index in [4.69, 9.17) is 27.9 Å². The molecule has 1 saturated carbocycles. The Hall–Kier alpha value is -2.67. The molecule has 2 amide bonds. The van der Waals surface area contributed by atoms with E-state index in [1.165, 1.54) is 11.8 Å². The van der Waals surface area contributed by atoms with Crippen molar-refractivity contribution in [2.45, 2.75) is 56.5 Å². The van der Waals surface area contributed by atoms with Gasteiger partial charge in [-0.3, -0.25) is 9.59 Å². The van der Waals surface area contributed by atoms with Gasteiger partial charge in [-0.2, -0.15) is 0 Å². The Balaban J connectivity index is 1.56. The Morgan fingerprint density at radius 3 is 2.31 bits per heavy atom. The van der Waals surface area contributed by atoms with E-state index >= 15 is 0 Å². The van der Waals surface area contributed by atoms with Crippen molar-refractivity contribution in [3.05, 3.63) is 99.5 Å². The van der Waals surface area contributed by atoms with Crippen molar-refractivity contribution in [3.63, 3.8) is 0 Å². The summed E-state index contributed by atoms with van der Waals surface area (Å²) in [6, 6.07) is 22.5. The molecule has 206 valence electrons. The number of hydrogen-bond donors (Lipinski definition) is 1. The van der Waals surface area contributed by atoms with E-state index in [-0.39, 0.29) is 30.2 Å². The summed E-state index contributed by atoms with van der Waals surface area (Å²) in [5, 5.41) is 4.11. The normalized spacial score (nSPS) is 14.1. The maximum absolute atomic E-state index is 13.8. The summed E-state index contributed by atoms with van der Waals surface area (Å²) < 4.78 is 5.24. The molecule has 0 spiro atoms. The average molecular weight is 586 g/mol. The molecule has 3 aromatic rings. The van der Waals surface area contributed by atoms with Gasteiger partial charge >= 0.3 is 0 Å². The lowest BCUT2D eigenvalue weighted by atomic mass is 10.0. The van der Waals surface area contributed by atoms with Crippen LogP contribution in [0.1, 0.15) is 42.4 Å². The summed E-state index contributed by atoms with van der Waals surface area (Å²) >= 11 is 14.0. The smallest absolute Gasteiger partial charge is 0.243 e. The topological polar surface area (TPSA) is 58.6 Å². The van der Waals surface area contributed by atoms with Crippen molar-refractivity contribution in [2.75, 3.05) is 12.9 Å². The van der Waals surface area contributed by atoms with Crippen molar-refractivity contribution in [2.24, 2.45) is 0 Å². The number of nitrogens with one attached hydrogen (secondary N) is 1. The highest BCUT2D eigenvalue weighted by Crippen LogP contribution is 2.26. The molecule has 0 unspecified atom stereocenters. The fraction of sp³-hybridized carbons (Fsp3) is 0.355. The van der Waals surface area contributed by atoms with Gasteiger partial charge in [-0.15, -0.1) is 11.8 Å². The number of carbonyl (C=O) groups is 2. The molecule has 0 bridgehead atoms. The number of amides is 2. The molecular formula is C31H34Cl2N2O3S. The zero-order valence-corrected chi connectivity index (χ0v) is 24.4. The van der Waals surface area contributed by atoms with Gasteiger partial charge in [-0.1, -0.05) is 84.6 Å². The summed E-state index contributed by atoms with van der Waals surface area (Å²) in [6.07, 6.45) is 4.60. The zero-order chi connectivity index (χ0) is 27.6. The predicted molar refractivity (Wildman–Crippen MR) is 161 cm³/mol. The van der Waals surface area contributed by atoms with Crippen LogP contribution in [0.5, 0.6) is 5.75 Å². The minimum absolute atomic E-state index is 0.0953. The minimum atomic E-state index is -0.656. The maximum Gasteiger partial charge on any atom is 0.243 e. The highest BCUT2D eigenvalue weighted by Gasteiger charge is 2.32. The first-order valence-corrected chi connectivity index (χ1v) is 15.1. The third kappa shape index (κ3) is 8.66. The number of hydrogen-bond acceptors (Lipinski definition) is 4. The van der Waals surface area contributed by atoms with Crippen LogP contribution in [0.4, 0.5) is 0 Å². The van der Waals surface area contributed by atoms with Gasteiger partial charge in [0.15, 0.2) is 0 Å². The number of carbonyl (C=O) groups excluding carboxylic acids is 2. The molecule has 39 heavy (non-hydrogen) atoms. The van der Waals surface area contributed by atoms with Crippen molar-refractivity contribution in [3.8, 4) is 5.75 Å². The zero-order valence-electron chi connectivity index (χ0n) is 22.1. The Labute approximate surface area is 245 Å². The molecule has 1 aliphatic rings. The van der Waals surface area contributed by atoms with E-state index in [0.29, 0.717) is 22.2 Å². The van der Waals surface area contributed by atoms with Gasteiger partial charge in [0.2, 0.25) is 11.8 Å². The van der Waals surface area contributed by atoms with Crippen LogP contribution in [0.25, 0.3) is 0 Å². The number of methoxy groups -OCH3 is 1. The summed E-state index contributed by atoms with van der Waals surface area (Å²) in [7, 11) is 1.64. The lowest BCUT2D eigenvalue weighted by Gasteiger charge is -2.32. The maximum atomic E-state index is 13.8. The average Bonchev–Trinajstić information content (AvgIpc) is 3.46. The molecule has 5 nitrogen and oxygen atoms in total. The van der Waals surface area contributed by atoms with Crippen LogP contribution >= 0.6 is 35.0 Å². The van der Waals surface area contributed by atoms with Gasteiger partial charge in [0.25, 0.3) is 0 Å². The molecule has 1 fully saturated rings. The lowest BCUT2D eigenvalue weighted by Crippen LogP contribution is -2.52. The first kappa shape index (κ1) is 29.3. The van der Waals surface area contributed by atoms with Gasteiger partial charge in [0.05, 0.1) is 22.9 Å². The lowest BCUT2D eigenvalue weighted by molar-refractivity contribution is -0.139. The molecule has 4 rings (SSSR count). The van der Waals surface area contributed by atoms with Crippen LogP contribution in [-0.4, -0.2) is 41.7 Å². The third-order valence-electron chi connectivity index (χ3n) is 6.96. The van der Waals surface area contributed by atoms with Gasteiger partial charge in [0, 0.05) is 24.8 Å². The molecule has 0 radical (unpaired) electrons. The van der Waals surface area contributed by atoms with E-state index in [2.05, 4.69) is 5.32 Å². The fourth-order valence-corrected chi connectivity index (χ4v) is 6.01. The van der Waals surface area contributed by atoms with Gasteiger partial charge < -0.3 is 15.0 Å². The highest BCUT2D eigenvalue weighted by molar-refractivity contribution is 7.99. The summed E-state index contributed by atoms with van der Waals surface area (Å²) in [6.45, 7) is 0.258. The van der Waals surface area contributed by atoms with Crippen molar-refractivity contribution >= 4 is 46.8 Å². The number of thioether (sulfide) groups is 1. The van der Waals surface area contributed by atoms with E-state index in [0.717, 1.165) is 48.1 Å². The quantitative estimate of drug-likeness (QED) is 0.250. The van der Waals surface area contributed by atoms with Crippen molar-refractivity contribution in [1.82, 2.24) is 10.2 Å². The molecule has 1 N–H and O–H groups in total. The second-order valence-corrected chi connectivity index (χ2v) is 11.6. The molecule has 8 heteroatoms. The summed E-state index contributed by atoms with van der Waals surface area (Å²) in [5.74, 6) is 1.51. The monoisotopic (exact) mass is 584 g/mol. The number of nitrogens with zero attached hydrogens (tertiary/aromatic N) is 1. The number of ether oxygens (including phenoxy) is 1. The molecule has 3 aromatic carbocycles. The number of rotatable bonds is 12. The Bertz CT molecular complexity index is 1230. The molecule has 0 saturated heterocycles. The summed E-state index contributed by atoms with van der Waals surface area (Å²) in [5.41, 5.74) is 2.93. The number of benzene rings is 3. The predicted octanol–water partition coefficient (Wildman–Crippen LogP) is 6.93. The largest absolute Gasteiger partial charge is 0.497 e. The Kier molecular flexibility index (Phi) is 11.0. The van der Waals surface area contributed by atoms with E-state index in [1.54, 1.807) is 24.1 Å². The fourth-order valence-electron chi connectivity index (χ4n) is 4.82. The summed E-state index contributed by atoms with van der Waals surface area (Å²) in [4.78, 5) is 29.3. The van der Waals surface area contributed by atoms with Crippen LogP contribution < -0.4 is 10.1 Å². The Morgan fingerprint density at radius 1 is 0.949 bits per heavy atom. The first-order valence-electron chi connectivity index (χ1n) is 13.2. The second-order valence-electron chi connectivity index (χ2n) is 9.81. The molecular weight excluding hydrogens is 551 g/mol. The van der Waals surface area contributed by atoms with Crippen LogP contribution in [-0.2, 0) is 28.3 Å². The van der Waals surface area contributed by atoms with Crippen molar-refractivity contribution < 1.29 is 14.3 Å². The van der Waals surface area contributed by atoms with E-state index in [1.807, 2.05) is 60.7 Å².